The number of ether oxygens (including phenoxy) is 1. The van der Waals surface area contributed by atoms with Gasteiger partial charge in [-0.1, -0.05) is 6.07 Å². The number of carboxylic acid groups (broad SMARTS) is 2. The Hall–Kier alpha value is -3.94. The van der Waals surface area contributed by atoms with E-state index in [1.54, 1.807) is 0 Å². The van der Waals surface area contributed by atoms with E-state index in [2.05, 4.69) is 0 Å². The lowest BCUT2D eigenvalue weighted by molar-refractivity contribution is 0.0652. The largest absolute Gasteiger partial charge is 0.504 e. The summed E-state index contributed by atoms with van der Waals surface area (Å²) in [4.78, 5) is 23.5. The van der Waals surface area contributed by atoms with Crippen molar-refractivity contribution in [1.29, 1.82) is 0 Å². The molecule has 0 atom stereocenters. The van der Waals surface area contributed by atoms with Crippen LogP contribution in [-0.4, -0.2) is 37.5 Å². The Morgan fingerprint density at radius 3 is 2.19 bits per heavy atom. The summed E-state index contributed by atoms with van der Waals surface area (Å²) in [5, 5.41) is 49.3. The molecule has 0 fully saturated rings. The number of benzene rings is 3. The number of rotatable bonds is 2. The quantitative estimate of drug-likeness (QED) is 0.345. The van der Waals surface area contributed by atoms with E-state index < -0.39 is 34.6 Å². The molecule has 3 aromatic rings. The van der Waals surface area contributed by atoms with Crippen LogP contribution in [0, 0.1) is 0 Å². The number of carboxylic acids is 2. The first-order chi connectivity index (χ1) is 12.3. The Morgan fingerprint density at radius 1 is 0.846 bits per heavy atom. The van der Waals surface area contributed by atoms with E-state index >= 15 is 0 Å². The highest BCUT2D eigenvalue weighted by Gasteiger charge is 2.32. The van der Waals surface area contributed by atoms with E-state index in [0.717, 1.165) is 12.1 Å². The predicted octanol–water partition coefficient (Wildman–Crippen LogP) is 3.13. The first kappa shape index (κ1) is 15.6. The van der Waals surface area contributed by atoms with E-state index in [0.29, 0.717) is 5.39 Å². The predicted molar refractivity (Wildman–Crippen MR) is 88.4 cm³/mol. The second-order valence-corrected chi connectivity index (χ2v) is 5.74. The van der Waals surface area contributed by atoms with Crippen molar-refractivity contribution in [3.05, 3.63) is 41.5 Å². The van der Waals surface area contributed by atoms with Crippen molar-refractivity contribution in [2.24, 2.45) is 0 Å². The van der Waals surface area contributed by atoms with Crippen LogP contribution in [0.4, 0.5) is 0 Å². The van der Waals surface area contributed by atoms with Crippen LogP contribution in [0.15, 0.2) is 30.3 Å². The maximum Gasteiger partial charge on any atom is 0.337 e. The Morgan fingerprint density at radius 2 is 1.54 bits per heavy atom. The SMILES string of the molecule is O=C(O)c1cc2ccc(O)c3c2c(c1C(=O)O)-c1cc(O)c(O)cc1O3. The number of phenols is 3. The number of hydrogen-bond donors (Lipinski definition) is 5. The summed E-state index contributed by atoms with van der Waals surface area (Å²) >= 11 is 0. The van der Waals surface area contributed by atoms with Gasteiger partial charge >= 0.3 is 11.9 Å². The molecular formula is C18H10O8. The standard InChI is InChI=1S/C18H10O8/c19-9-2-1-6-3-8(17(22)23)15(18(24)25)14-7-4-10(20)11(21)5-12(7)26-16(9)13(6)14/h1-5,19-21H,(H,22,23)(H,24,25). The molecule has 0 amide bonds. The van der Waals surface area contributed by atoms with E-state index in [9.17, 15) is 35.1 Å². The molecule has 5 N–H and O–H groups in total. The van der Waals surface area contributed by atoms with Gasteiger partial charge in [0.15, 0.2) is 23.0 Å². The van der Waals surface area contributed by atoms with Gasteiger partial charge in [-0.05, 0) is 23.6 Å². The van der Waals surface area contributed by atoms with Crippen LogP contribution in [0.25, 0.3) is 21.9 Å². The van der Waals surface area contributed by atoms with Crippen LogP contribution in [0.2, 0.25) is 0 Å². The summed E-state index contributed by atoms with van der Waals surface area (Å²) in [6.07, 6.45) is 0. The third kappa shape index (κ3) is 1.95. The third-order valence-corrected chi connectivity index (χ3v) is 4.24. The van der Waals surface area contributed by atoms with E-state index in [-0.39, 0.29) is 33.8 Å². The minimum absolute atomic E-state index is 0.0187. The molecule has 4 rings (SSSR count). The Kier molecular flexibility index (Phi) is 3.01. The molecule has 8 heteroatoms. The fourth-order valence-electron chi connectivity index (χ4n) is 3.16. The van der Waals surface area contributed by atoms with Gasteiger partial charge < -0.3 is 30.3 Å². The molecule has 0 spiro atoms. The number of aromatic hydroxyl groups is 3. The van der Waals surface area contributed by atoms with Crippen LogP contribution in [0.5, 0.6) is 28.7 Å². The van der Waals surface area contributed by atoms with Gasteiger partial charge in [-0.25, -0.2) is 9.59 Å². The topological polar surface area (TPSA) is 145 Å². The van der Waals surface area contributed by atoms with Gasteiger partial charge in [0.1, 0.15) is 5.75 Å². The smallest absolute Gasteiger partial charge is 0.337 e. The van der Waals surface area contributed by atoms with Crippen molar-refractivity contribution in [3.63, 3.8) is 0 Å². The van der Waals surface area contributed by atoms with Gasteiger partial charge in [0, 0.05) is 22.6 Å². The molecular weight excluding hydrogens is 344 g/mol. The van der Waals surface area contributed by atoms with Crippen LogP contribution >= 0.6 is 0 Å². The van der Waals surface area contributed by atoms with Gasteiger partial charge in [0.25, 0.3) is 0 Å². The second-order valence-electron chi connectivity index (χ2n) is 5.74. The van der Waals surface area contributed by atoms with Gasteiger partial charge in [0.05, 0.1) is 11.1 Å². The summed E-state index contributed by atoms with van der Waals surface area (Å²) in [5.41, 5.74) is -0.887. The Balaban J connectivity index is 2.29. The van der Waals surface area contributed by atoms with Crippen LogP contribution < -0.4 is 4.74 Å². The molecule has 8 nitrogen and oxygen atoms in total. The zero-order valence-electron chi connectivity index (χ0n) is 12.8. The summed E-state index contributed by atoms with van der Waals surface area (Å²) in [6, 6.07) is 6.06. The average Bonchev–Trinajstić information content (AvgIpc) is 2.58. The highest BCUT2D eigenvalue weighted by molar-refractivity contribution is 6.18. The normalized spacial score (nSPS) is 11.7. The summed E-state index contributed by atoms with van der Waals surface area (Å²) in [7, 11) is 0. The van der Waals surface area contributed by atoms with E-state index in [1.807, 2.05) is 0 Å². The number of phenolic OH excluding ortho intramolecular Hbond substituents is 3. The van der Waals surface area contributed by atoms with Gasteiger partial charge in [-0.3, -0.25) is 0 Å². The molecule has 0 aromatic heterocycles. The Labute approximate surface area is 144 Å². The van der Waals surface area contributed by atoms with Crippen molar-refractivity contribution in [2.75, 3.05) is 0 Å². The average molecular weight is 354 g/mol. The first-order valence-corrected chi connectivity index (χ1v) is 7.33. The van der Waals surface area contributed by atoms with Crippen molar-refractivity contribution >= 4 is 22.7 Å². The highest BCUT2D eigenvalue weighted by Crippen LogP contribution is 2.54. The number of carbonyl (C=O) groups is 2. The maximum absolute atomic E-state index is 11.9. The molecule has 0 unspecified atom stereocenters. The molecule has 0 bridgehead atoms. The zero-order valence-corrected chi connectivity index (χ0v) is 12.8. The lowest BCUT2D eigenvalue weighted by atomic mass is 9.87. The molecule has 1 heterocycles. The first-order valence-electron chi connectivity index (χ1n) is 7.33. The Bertz CT molecular complexity index is 1150. The summed E-state index contributed by atoms with van der Waals surface area (Å²) < 4.78 is 5.59. The summed E-state index contributed by atoms with van der Waals surface area (Å²) in [6.45, 7) is 0. The monoisotopic (exact) mass is 354 g/mol. The van der Waals surface area contributed by atoms with Gasteiger partial charge in [-0.15, -0.1) is 0 Å². The molecule has 130 valence electrons. The molecule has 0 aliphatic carbocycles. The lowest BCUT2D eigenvalue weighted by Gasteiger charge is -2.24. The van der Waals surface area contributed by atoms with Crippen molar-refractivity contribution < 1.29 is 39.9 Å². The molecule has 3 aromatic carbocycles. The minimum Gasteiger partial charge on any atom is -0.504 e. The number of aromatic carboxylic acids is 2. The number of fused-ring (bicyclic) bond motifs is 2. The van der Waals surface area contributed by atoms with Gasteiger partial charge in [0.2, 0.25) is 0 Å². The fourth-order valence-corrected chi connectivity index (χ4v) is 3.16. The molecule has 0 saturated heterocycles. The van der Waals surface area contributed by atoms with Crippen molar-refractivity contribution in [2.45, 2.75) is 0 Å². The second kappa shape index (κ2) is 5.03. The molecule has 0 radical (unpaired) electrons. The van der Waals surface area contributed by atoms with Crippen molar-refractivity contribution in [1.82, 2.24) is 0 Å². The van der Waals surface area contributed by atoms with Gasteiger partial charge in [-0.2, -0.15) is 0 Å². The van der Waals surface area contributed by atoms with E-state index in [1.165, 1.54) is 18.2 Å². The minimum atomic E-state index is -1.49. The number of hydrogen-bond acceptors (Lipinski definition) is 6. The fraction of sp³-hybridized carbons (Fsp3) is 0. The highest BCUT2D eigenvalue weighted by atomic mass is 16.5. The van der Waals surface area contributed by atoms with Crippen LogP contribution in [0.1, 0.15) is 20.7 Å². The van der Waals surface area contributed by atoms with Crippen LogP contribution in [-0.2, 0) is 0 Å². The summed E-state index contributed by atoms with van der Waals surface area (Å²) in [5.74, 6) is -4.34. The third-order valence-electron chi connectivity index (χ3n) is 4.24. The van der Waals surface area contributed by atoms with Crippen LogP contribution in [0.3, 0.4) is 0 Å². The van der Waals surface area contributed by atoms with E-state index in [4.69, 9.17) is 4.74 Å². The molecule has 1 aliphatic heterocycles. The zero-order chi connectivity index (χ0) is 18.7. The van der Waals surface area contributed by atoms with Crippen molar-refractivity contribution in [3.8, 4) is 39.9 Å². The molecule has 1 aliphatic rings. The molecule has 0 saturated carbocycles. The maximum atomic E-state index is 11.9. The lowest BCUT2D eigenvalue weighted by Crippen LogP contribution is -2.12. The molecule has 26 heavy (non-hydrogen) atoms.